The zero-order valence-electron chi connectivity index (χ0n) is 64.1. The third kappa shape index (κ3) is 26.2. The van der Waals surface area contributed by atoms with Gasteiger partial charge in [0.05, 0.1) is 46.2 Å². The molecule has 6 fully saturated rings. The zero-order valence-corrected chi connectivity index (χ0v) is 66.1. The Hall–Kier alpha value is -5.98. The Morgan fingerprint density at radius 3 is 1.12 bits per heavy atom. The van der Waals surface area contributed by atoms with Crippen LogP contribution in [0.2, 0.25) is 0 Å². The van der Waals surface area contributed by atoms with E-state index < -0.39 is 370 Å². The number of aliphatic hydroxyl groups excluding tert-OH is 24. The van der Waals surface area contributed by atoms with Crippen molar-refractivity contribution in [3.05, 3.63) is 35.5 Å². The largest absolute Gasteiger partial charge is 1.00 e. The Morgan fingerprint density at radius 2 is 0.772 bits per heavy atom. The van der Waals surface area contributed by atoms with Crippen molar-refractivity contribution in [3.8, 4) is 0 Å². The molecule has 0 spiro atoms. The van der Waals surface area contributed by atoms with Gasteiger partial charge in [0.1, 0.15) is 195 Å². The number of carbonyl (C=O) groups is 8. The van der Waals surface area contributed by atoms with Gasteiger partial charge < -0.3 is 249 Å². The Bertz CT molecular complexity index is 3550. The van der Waals surface area contributed by atoms with Gasteiger partial charge in [0, 0.05) is 6.92 Å². The number of carboxylic acids is 6. The number of nitrogens with one attached hydrogen (secondary N) is 1. The van der Waals surface area contributed by atoms with Gasteiger partial charge in [-0.2, -0.15) is 0 Å². The molecule has 0 aliphatic carbocycles. The van der Waals surface area contributed by atoms with Crippen LogP contribution in [0.1, 0.15) is 13.8 Å². The summed E-state index contributed by atoms with van der Waals surface area (Å²) in [6, 6.07) is -1.58. The molecule has 0 bridgehead atoms. The number of carboxylic acid groups (broad SMARTS) is 6. The predicted octanol–water partition coefficient (Wildman–Crippen LogP) is -23.5. The summed E-state index contributed by atoms with van der Waals surface area (Å²) in [6.45, 7) is -4.98. The number of Topliss-reactive ketones (excluding diaryl/α,β-unsaturated/α-hetero) is 1. The Balaban J connectivity index is 0.000000288. The van der Waals surface area contributed by atoms with Crippen molar-refractivity contribution in [2.45, 2.75) is 266 Å². The minimum absolute atomic E-state index is 0. The van der Waals surface area contributed by atoms with Gasteiger partial charge in [-0.3, -0.25) is 9.59 Å². The van der Waals surface area contributed by atoms with Crippen molar-refractivity contribution in [3.63, 3.8) is 0 Å². The van der Waals surface area contributed by atoms with E-state index >= 15 is 0 Å². The normalized spacial score (nSPS) is 41.4. The maximum Gasteiger partial charge on any atom is 1.00 e. The molecular weight excluding hydrogens is 1710 g/mol. The molecule has 9 aliphatic rings. The number of hydrogen-bond donors (Lipinski definition) is 30. The van der Waals surface area contributed by atoms with Crippen molar-refractivity contribution in [2.75, 3.05) is 52.9 Å². The smallest absolute Gasteiger partial charge is 0.542 e. The molecule has 41 atom stereocenters. The van der Waals surface area contributed by atoms with Crippen LogP contribution >= 0.6 is 0 Å². The average molecular weight is 1810 g/mol. The second kappa shape index (κ2) is 47.4. The van der Waals surface area contributed by atoms with Crippen LogP contribution < -0.4 is 40.0 Å². The van der Waals surface area contributed by atoms with Gasteiger partial charge in [0.2, 0.25) is 36.3 Å². The number of ketones is 1. The van der Waals surface area contributed by atoms with Gasteiger partial charge >= 0.3 is 59.4 Å². The number of carbonyl (C=O) groups excluding carboxylic acids is 3. The fraction of sp³-hybridized carbons (Fsp3) is 0.785. The van der Waals surface area contributed by atoms with Crippen LogP contribution in [-0.4, -0.2) is 500 Å². The number of ether oxygens (including phenoxy) is 18. The van der Waals surface area contributed by atoms with Gasteiger partial charge in [-0.25, -0.2) is 24.0 Å². The molecule has 698 valence electrons. The van der Waals surface area contributed by atoms with Crippen LogP contribution in [0.5, 0.6) is 0 Å². The third-order valence-corrected chi connectivity index (χ3v) is 19.2. The fourth-order valence-corrected chi connectivity index (χ4v) is 12.8. The summed E-state index contributed by atoms with van der Waals surface area (Å²) < 4.78 is 94.8. The molecule has 0 radical (unpaired) electrons. The molecule has 0 aromatic carbocycles. The first-order chi connectivity index (χ1) is 57.3. The summed E-state index contributed by atoms with van der Waals surface area (Å²) in [5.41, 5.74) is 0. The summed E-state index contributed by atoms with van der Waals surface area (Å²) in [6.07, 6.45) is -71.5. The molecule has 9 rings (SSSR count). The SMILES string of the molecule is CC(=O)NC1C(OC(C(C)=O)C(O)C(=O)O)OC(CO)C(OC2OC(C(=O)O)=CC(O)C2O)C1O.O=C(O)COC1OCC(OC2OC(CO)C(O)C(OC3OC(CO)C(O)C(OC4OC(C(=O)O)=CC(O)C4O)C3O)C2O)C(O)C1O.O=C([O-])C1=CC(O)C(O)C(OC2C(O)C(CO)OC(OC3C(O)C(CO)OC(OC(CO)C(=O)O)C3O)C2O)O1.[Na+]. The number of rotatable bonds is 33. The maximum absolute atomic E-state index is 11.9. The van der Waals surface area contributed by atoms with Crippen molar-refractivity contribution in [1.29, 1.82) is 0 Å². The standard InChI is InChI=1S/C25H38O22.C21H32O19.C19H27NO15.Na/c26-2-8-14(33)19(17(36)24(43-8)45-10-4-40-22(16(35)13(10)32)41-5-11(29)30)47-25-18(37)20(15(34)9(3-27)44-25)46-23-12(31)6(28)1-7(42-23)21(38)39;22-2-7-11(27)15(13(29)20(36-7)38-9(4-24)18(33)34)40-21-14(30)16(12(28)8(3-23)37-21)39-19-10(26)5(25)1-6(35-19)17(31)32;1-5(22)14(13(27)17(30)31)34-18-10(20-6(2)23)12(26)15(9(4-21)33-18)35-19-11(25)7(24)3-8(32-19)16(28)29;/h1,6,8-10,12-20,22-28,31-37H,2-5H2,(H,29,30)(H,38,39);1,5,7-16,19-30H,2-4H2,(H,31,32)(H,33,34);3,7,9-15,18-19,21,24-27H,4H2,1-2H3,(H,20,23)(H,28,29)(H,30,31);/q;;;+1/p-1. The predicted molar refractivity (Wildman–Crippen MR) is 359 cm³/mol. The monoisotopic (exact) mass is 1810 g/mol. The van der Waals surface area contributed by atoms with Gasteiger partial charge in [0.25, 0.3) is 0 Å². The van der Waals surface area contributed by atoms with E-state index in [4.69, 9.17) is 106 Å². The van der Waals surface area contributed by atoms with E-state index in [-0.39, 0.29) is 29.6 Å². The molecule has 123 heavy (non-hydrogen) atoms. The van der Waals surface area contributed by atoms with Gasteiger partial charge in [0.15, 0.2) is 61.8 Å². The summed E-state index contributed by atoms with van der Waals surface area (Å²) in [5.74, 6) is -14.1. The Labute approximate surface area is 710 Å². The molecule has 9 heterocycles. The number of aliphatic hydroxyl groups is 24. The molecule has 0 saturated carbocycles. The molecule has 0 aromatic heterocycles. The molecule has 6 saturated heterocycles. The van der Waals surface area contributed by atoms with Crippen molar-refractivity contribution in [1.82, 2.24) is 5.32 Å². The van der Waals surface area contributed by atoms with E-state index in [2.05, 4.69) is 5.32 Å². The Morgan fingerprint density at radius 1 is 0.415 bits per heavy atom. The summed E-state index contributed by atoms with van der Waals surface area (Å²) in [7, 11) is 0. The van der Waals surface area contributed by atoms with Crippen molar-refractivity contribution >= 4 is 47.5 Å². The van der Waals surface area contributed by atoms with Crippen LogP contribution in [0.4, 0.5) is 0 Å². The van der Waals surface area contributed by atoms with Crippen LogP contribution in [0.3, 0.4) is 0 Å². The van der Waals surface area contributed by atoms with Crippen molar-refractivity contribution < 1.29 is 306 Å². The minimum Gasteiger partial charge on any atom is -0.542 e. The topological polar surface area (TPSA) is 924 Å². The minimum atomic E-state index is -2.33. The number of amides is 1. The first kappa shape index (κ1) is 106. The molecule has 57 nitrogen and oxygen atoms in total. The quantitative estimate of drug-likeness (QED) is 0.0271. The summed E-state index contributed by atoms with van der Waals surface area (Å²) >= 11 is 0. The van der Waals surface area contributed by atoms with E-state index in [0.29, 0.717) is 18.2 Å². The molecule has 30 N–H and O–H groups in total. The first-order valence-corrected chi connectivity index (χ1v) is 36.2. The van der Waals surface area contributed by atoms with Gasteiger partial charge in [-0.05, 0) is 25.2 Å². The van der Waals surface area contributed by atoms with E-state index in [1.165, 1.54) is 0 Å². The van der Waals surface area contributed by atoms with Crippen molar-refractivity contribution in [2.24, 2.45) is 0 Å². The fourth-order valence-electron chi connectivity index (χ4n) is 12.8. The molecular formula is C65H96NNaO56. The molecule has 58 heteroatoms. The first-order valence-electron chi connectivity index (χ1n) is 36.2. The Kier molecular flexibility index (Phi) is 40.7. The molecule has 1 amide bonds. The summed E-state index contributed by atoms with van der Waals surface area (Å²) in [5, 5.41) is 305. The second-order valence-electron chi connectivity index (χ2n) is 27.8. The van der Waals surface area contributed by atoms with Crippen LogP contribution in [0.15, 0.2) is 35.5 Å². The van der Waals surface area contributed by atoms with Crippen LogP contribution in [0.25, 0.3) is 0 Å². The number of aliphatic carboxylic acids is 6. The van der Waals surface area contributed by atoms with E-state index in [1.54, 1.807) is 0 Å². The van der Waals surface area contributed by atoms with Gasteiger partial charge in [-0.1, -0.05) is 0 Å². The maximum atomic E-state index is 11.9. The zero-order chi connectivity index (χ0) is 91.2. The van der Waals surface area contributed by atoms with Crippen LogP contribution in [0, 0.1) is 0 Å². The third-order valence-electron chi connectivity index (χ3n) is 19.2. The summed E-state index contributed by atoms with van der Waals surface area (Å²) in [4.78, 5) is 90.4. The van der Waals surface area contributed by atoms with E-state index in [1.807, 2.05) is 0 Å². The molecule has 41 unspecified atom stereocenters. The van der Waals surface area contributed by atoms with Gasteiger partial charge in [-0.15, -0.1) is 0 Å². The number of hydrogen-bond acceptors (Lipinski definition) is 51. The van der Waals surface area contributed by atoms with E-state index in [0.717, 1.165) is 13.8 Å². The van der Waals surface area contributed by atoms with E-state index in [9.17, 15) is 171 Å². The van der Waals surface area contributed by atoms with Crippen LogP contribution in [-0.2, 0) is 124 Å². The molecule has 0 aromatic rings. The average Bonchev–Trinajstić information content (AvgIpc) is 0.779. The second-order valence-corrected chi connectivity index (χ2v) is 27.8. The molecule has 9 aliphatic heterocycles.